The Morgan fingerprint density at radius 2 is 2.21 bits per heavy atom. The van der Waals surface area contributed by atoms with Gasteiger partial charge in [-0.25, -0.2) is 0 Å². The Labute approximate surface area is 86.4 Å². The number of morpholine rings is 1. The average molecular weight is 199 g/mol. The van der Waals surface area contributed by atoms with Crippen LogP contribution in [0.3, 0.4) is 0 Å². The maximum absolute atomic E-state index is 11.0. The SMILES string of the molecule is CC(=O)CC(C)N1CCOC(C)(C)C1. The highest BCUT2D eigenvalue weighted by Gasteiger charge is 2.29. The molecule has 0 saturated carbocycles. The van der Waals surface area contributed by atoms with Gasteiger partial charge in [0.25, 0.3) is 0 Å². The van der Waals surface area contributed by atoms with Crippen LogP contribution in [-0.2, 0) is 9.53 Å². The van der Waals surface area contributed by atoms with Crippen LogP contribution in [0.25, 0.3) is 0 Å². The van der Waals surface area contributed by atoms with Gasteiger partial charge in [0.1, 0.15) is 5.78 Å². The molecule has 1 aliphatic heterocycles. The lowest BCUT2D eigenvalue weighted by molar-refractivity contribution is -0.121. The van der Waals surface area contributed by atoms with Crippen molar-refractivity contribution in [1.29, 1.82) is 0 Å². The third-order valence-electron chi connectivity index (χ3n) is 2.66. The molecule has 3 heteroatoms. The van der Waals surface area contributed by atoms with Gasteiger partial charge in [0.15, 0.2) is 0 Å². The van der Waals surface area contributed by atoms with Gasteiger partial charge in [0.2, 0.25) is 0 Å². The number of carbonyl (C=O) groups is 1. The Kier molecular flexibility index (Phi) is 3.67. The van der Waals surface area contributed by atoms with E-state index in [1.54, 1.807) is 6.92 Å². The molecule has 0 aromatic rings. The summed E-state index contributed by atoms with van der Waals surface area (Å²) in [7, 11) is 0. The van der Waals surface area contributed by atoms with Crippen molar-refractivity contribution in [2.45, 2.75) is 45.8 Å². The molecule has 1 aliphatic rings. The topological polar surface area (TPSA) is 29.5 Å². The van der Waals surface area contributed by atoms with Gasteiger partial charge in [-0.15, -0.1) is 0 Å². The second kappa shape index (κ2) is 4.41. The molecule has 0 aromatic heterocycles. The summed E-state index contributed by atoms with van der Waals surface area (Å²) in [6, 6.07) is 0.343. The lowest BCUT2D eigenvalue weighted by Gasteiger charge is -2.41. The largest absolute Gasteiger partial charge is 0.373 e. The summed E-state index contributed by atoms with van der Waals surface area (Å²) in [6.45, 7) is 10.6. The van der Waals surface area contributed by atoms with E-state index in [1.165, 1.54) is 0 Å². The minimum absolute atomic E-state index is 0.0662. The zero-order chi connectivity index (χ0) is 10.8. The molecule has 0 bridgehead atoms. The van der Waals surface area contributed by atoms with E-state index in [2.05, 4.69) is 25.7 Å². The summed E-state index contributed by atoms with van der Waals surface area (Å²) in [5.74, 6) is 0.266. The molecule has 1 atom stereocenters. The van der Waals surface area contributed by atoms with E-state index < -0.39 is 0 Å². The molecule has 0 spiro atoms. The lowest BCUT2D eigenvalue weighted by atomic mass is 10.0. The first kappa shape index (κ1) is 11.7. The molecule has 0 N–H and O–H groups in total. The number of nitrogens with zero attached hydrogens (tertiary/aromatic N) is 1. The van der Waals surface area contributed by atoms with Crippen LogP contribution in [0.15, 0.2) is 0 Å². The summed E-state index contributed by atoms with van der Waals surface area (Å²) in [5.41, 5.74) is -0.0662. The molecule has 0 amide bonds. The number of hydrogen-bond donors (Lipinski definition) is 0. The van der Waals surface area contributed by atoms with Crippen LogP contribution in [0, 0.1) is 0 Å². The van der Waals surface area contributed by atoms with Crippen LogP contribution >= 0.6 is 0 Å². The van der Waals surface area contributed by atoms with Crippen molar-refractivity contribution in [2.75, 3.05) is 19.7 Å². The molecular formula is C11H21NO2. The van der Waals surface area contributed by atoms with Crippen molar-refractivity contribution >= 4 is 5.78 Å². The van der Waals surface area contributed by atoms with Gasteiger partial charge in [-0.05, 0) is 27.7 Å². The molecule has 0 aliphatic carbocycles. The summed E-state index contributed by atoms with van der Waals surface area (Å²) >= 11 is 0. The highest BCUT2D eigenvalue weighted by molar-refractivity contribution is 5.76. The van der Waals surface area contributed by atoms with Crippen molar-refractivity contribution in [3.63, 3.8) is 0 Å². The molecule has 1 fully saturated rings. The quantitative estimate of drug-likeness (QED) is 0.689. The van der Waals surface area contributed by atoms with Crippen LogP contribution in [0.1, 0.15) is 34.1 Å². The minimum Gasteiger partial charge on any atom is -0.373 e. The van der Waals surface area contributed by atoms with E-state index in [4.69, 9.17) is 4.74 Å². The molecule has 1 rings (SSSR count). The van der Waals surface area contributed by atoms with E-state index in [9.17, 15) is 4.79 Å². The number of Topliss-reactive ketones (excluding diaryl/α,β-unsaturated/α-hetero) is 1. The molecule has 1 unspecified atom stereocenters. The van der Waals surface area contributed by atoms with Gasteiger partial charge >= 0.3 is 0 Å². The molecule has 14 heavy (non-hydrogen) atoms. The average Bonchev–Trinajstić information content (AvgIpc) is 2.01. The Hall–Kier alpha value is -0.410. The predicted octanol–water partition coefficient (Wildman–Crippen LogP) is 1.46. The molecule has 3 nitrogen and oxygen atoms in total. The number of hydrogen-bond acceptors (Lipinski definition) is 3. The van der Waals surface area contributed by atoms with Gasteiger partial charge < -0.3 is 4.74 Å². The molecule has 82 valence electrons. The molecular weight excluding hydrogens is 178 g/mol. The smallest absolute Gasteiger partial charge is 0.131 e. The predicted molar refractivity (Wildman–Crippen MR) is 56.4 cm³/mol. The first-order valence-electron chi connectivity index (χ1n) is 5.28. The third kappa shape index (κ3) is 3.39. The minimum atomic E-state index is -0.0662. The van der Waals surface area contributed by atoms with Crippen LogP contribution in [-0.4, -0.2) is 42.0 Å². The summed E-state index contributed by atoms with van der Waals surface area (Å²) in [6.07, 6.45) is 0.649. The summed E-state index contributed by atoms with van der Waals surface area (Å²) < 4.78 is 5.62. The molecule has 0 radical (unpaired) electrons. The van der Waals surface area contributed by atoms with Crippen molar-refractivity contribution in [3.05, 3.63) is 0 Å². The maximum atomic E-state index is 11.0. The van der Waals surface area contributed by atoms with Crippen molar-refractivity contribution in [3.8, 4) is 0 Å². The number of ether oxygens (including phenoxy) is 1. The maximum Gasteiger partial charge on any atom is 0.131 e. The summed E-state index contributed by atoms with van der Waals surface area (Å²) in [4.78, 5) is 13.3. The second-order valence-corrected chi connectivity index (χ2v) is 4.83. The molecule has 0 aromatic carbocycles. The van der Waals surface area contributed by atoms with E-state index in [-0.39, 0.29) is 11.4 Å². The number of carbonyl (C=O) groups excluding carboxylic acids is 1. The first-order valence-corrected chi connectivity index (χ1v) is 5.28. The van der Waals surface area contributed by atoms with Crippen molar-refractivity contribution in [2.24, 2.45) is 0 Å². The summed E-state index contributed by atoms with van der Waals surface area (Å²) in [5, 5.41) is 0. The van der Waals surface area contributed by atoms with E-state index >= 15 is 0 Å². The van der Waals surface area contributed by atoms with E-state index in [0.29, 0.717) is 12.5 Å². The van der Waals surface area contributed by atoms with Crippen LogP contribution in [0.5, 0.6) is 0 Å². The Balaban J connectivity index is 2.47. The monoisotopic (exact) mass is 199 g/mol. The Bertz CT molecular complexity index is 213. The molecule has 1 saturated heterocycles. The fraction of sp³-hybridized carbons (Fsp3) is 0.909. The Morgan fingerprint density at radius 3 is 2.71 bits per heavy atom. The fourth-order valence-electron chi connectivity index (χ4n) is 1.97. The highest BCUT2D eigenvalue weighted by Crippen LogP contribution is 2.19. The van der Waals surface area contributed by atoms with Gasteiger partial charge in [0.05, 0.1) is 12.2 Å². The first-order chi connectivity index (χ1) is 6.41. The number of rotatable bonds is 3. The standard InChI is InChI=1S/C11H21NO2/c1-9(7-10(2)13)12-5-6-14-11(3,4)8-12/h9H,5-8H2,1-4H3. The third-order valence-corrected chi connectivity index (χ3v) is 2.66. The Morgan fingerprint density at radius 1 is 1.57 bits per heavy atom. The molecule has 1 heterocycles. The van der Waals surface area contributed by atoms with Gasteiger partial charge in [-0.2, -0.15) is 0 Å². The van der Waals surface area contributed by atoms with Crippen LogP contribution in [0.2, 0.25) is 0 Å². The zero-order valence-electron chi connectivity index (χ0n) is 9.67. The normalized spacial score (nSPS) is 24.6. The van der Waals surface area contributed by atoms with E-state index in [1.807, 2.05) is 0 Å². The highest BCUT2D eigenvalue weighted by atomic mass is 16.5. The number of ketones is 1. The second-order valence-electron chi connectivity index (χ2n) is 4.83. The van der Waals surface area contributed by atoms with Gasteiger partial charge in [-0.3, -0.25) is 9.69 Å². The fourth-order valence-corrected chi connectivity index (χ4v) is 1.97. The van der Waals surface area contributed by atoms with Gasteiger partial charge in [-0.1, -0.05) is 0 Å². The lowest BCUT2D eigenvalue weighted by Crippen LogP contribution is -2.51. The zero-order valence-corrected chi connectivity index (χ0v) is 9.67. The van der Waals surface area contributed by atoms with Crippen molar-refractivity contribution in [1.82, 2.24) is 4.90 Å². The van der Waals surface area contributed by atoms with Crippen LogP contribution < -0.4 is 0 Å². The van der Waals surface area contributed by atoms with Crippen molar-refractivity contribution < 1.29 is 9.53 Å². The van der Waals surface area contributed by atoms with Gasteiger partial charge in [0, 0.05) is 25.6 Å². The van der Waals surface area contributed by atoms with Crippen LogP contribution in [0.4, 0.5) is 0 Å². The van der Waals surface area contributed by atoms with E-state index in [0.717, 1.165) is 19.7 Å².